The maximum Gasteiger partial charge on any atom is 0.296 e. The Labute approximate surface area is 203 Å². The standard InChI is InChI=1S/C25H20N2O7S/c1-3-33-17-11-13(7-8-15(17)28)20-19(22(30)24(31)27(20)25-26-9-10-35-25)21(29)18-12-14-5-4-6-16(32-2)23(14)34-18/h4-12,20,28,30H,3H2,1-2H3. The number of rotatable bonds is 7. The molecule has 0 fully saturated rings. The molecule has 1 aliphatic rings. The number of carbonyl (C=O) groups is 2. The fourth-order valence-corrected chi connectivity index (χ4v) is 4.77. The molecule has 3 heterocycles. The van der Waals surface area contributed by atoms with E-state index in [4.69, 9.17) is 13.9 Å². The lowest BCUT2D eigenvalue weighted by Crippen LogP contribution is -2.31. The first-order valence-corrected chi connectivity index (χ1v) is 11.6. The van der Waals surface area contributed by atoms with Gasteiger partial charge >= 0.3 is 0 Å². The first-order chi connectivity index (χ1) is 16.9. The van der Waals surface area contributed by atoms with E-state index in [-0.39, 0.29) is 22.8 Å². The summed E-state index contributed by atoms with van der Waals surface area (Å²) in [6, 6.07) is 10.2. The van der Waals surface area contributed by atoms with E-state index in [1.54, 1.807) is 36.6 Å². The number of carbonyl (C=O) groups excluding carboxylic acids is 2. The van der Waals surface area contributed by atoms with E-state index in [1.165, 1.54) is 47.7 Å². The molecule has 2 N–H and O–H groups in total. The molecule has 4 aromatic rings. The van der Waals surface area contributed by atoms with Gasteiger partial charge in [0.1, 0.15) is 0 Å². The number of fused-ring (bicyclic) bond motifs is 1. The molecule has 2 aromatic heterocycles. The molecule has 1 aliphatic heterocycles. The molecule has 9 nitrogen and oxygen atoms in total. The second-order valence-electron chi connectivity index (χ2n) is 7.63. The van der Waals surface area contributed by atoms with E-state index in [1.807, 2.05) is 0 Å². The Balaban J connectivity index is 1.66. The number of amides is 1. The highest BCUT2D eigenvalue weighted by atomic mass is 32.1. The minimum Gasteiger partial charge on any atom is -0.504 e. The number of aromatic hydroxyl groups is 1. The summed E-state index contributed by atoms with van der Waals surface area (Å²) in [7, 11) is 1.49. The number of aromatic nitrogens is 1. The fraction of sp³-hybridized carbons (Fsp3) is 0.160. The molecule has 0 saturated heterocycles. The van der Waals surface area contributed by atoms with Gasteiger partial charge in [-0.1, -0.05) is 18.2 Å². The molecule has 178 valence electrons. The smallest absolute Gasteiger partial charge is 0.296 e. The van der Waals surface area contributed by atoms with E-state index >= 15 is 0 Å². The number of hydrogen-bond acceptors (Lipinski definition) is 9. The van der Waals surface area contributed by atoms with Gasteiger partial charge in [0, 0.05) is 17.0 Å². The van der Waals surface area contributed by atoms with E-state index in [2.05, 4.69) is 4.98 Å². The van der Waals surface area contributed by atoms with Crippen molar-refractivity contribution >= 4 is 39.1 Å². The van der Waals surface area contributed by atoms with E-state index in [0.29, 0.717) is 34.0 Å². The van der Waals surface area contributed by atoms with Crippen molar-refractivity contribution in [2.75, 3.05) is 18.6 Å². The van der Waals surface area contributed by atoms with Gasteiger partial charge in [0.2, 0.25) is 5.78 Å². The first-order valence-electron chi connectivity index (χ1n) is 10.7. The Morgan fingerprint density at radius 1 is 1.20 bits per heavy atom. The minimum absolute atomic E-state index is 0.0614. The summed E-state index contributed by atoms with van der Waals surface area (Å²) in [5.41, 5.74) is 0.645. The van der Waals surface area contributed by atoms with E-state index in [0.717, 1.165) is 0 Å². The van der Waals surface area contributed by atoms with Crippen LogP contribution in [-0.4, -0.2) is 40.6 Å². The number of furan rings is 1. The lowest BCUT2D eigenvalue weighted by atomic mass is 9.95. The molecule has 1 atom stereocenters. The number of aliphatic hydroxyl groups excluding tert-OH is 1. The van der Waals surface area contributed by atoms with Crippen LogP contribution in [0.3, 0.4) is 0 Å². The Hall–Kier alpha value is -4.31. The van der Waals surface area contributed by atoms with Crippen LogP contribution in [-0.2, 0) is 4.79 Å². The van der Waals surface area contributed by atoms with Gasteiger partial charge in [-0.15, -0.1) is 11.3 Å². The Morgan fingerprint density at radius 3 is 2.74 bits per heavy atom. The molecule has 35 heavy (non-hydrogen) atoms. The van der Waals surface area contributed by atoms with Gasteiger partial charge in [0.05, 0.1) is 25.3 Å². The number of Topliss-reactive ketones (excluding diaryl/α,β-unsaturated/α-hetero) is 1. The number of aliphatic hydroxyl groups is 1. The van der Waals surface area contributed by atoms with Crippen molar-refractivity contribution in [2.24, 2.45) is 0 Å². The highest BCUT2D eigenvalue weighted by Crippen LogP contribution is 2.44. The number of thiazole rings is 1. The van der Waals surface area contributed by atoms with Crippen molar-refractivity contribution in [1.29, 1.82) is 0 Å². The van der Waals surface area contributed by atoms with Crippen LogP contribution >= 0.6 is 11.3 Å². The van der Waals surface area contributed by atoms with Crippen LogP contribution in [0.15, 0.2) is 69.8 Å². The number of anilines is 1. The van der Waals surface area contributed by atoms with Gasteiger partial charge in [-0.3, -0.25) is 14.5 Å². The number of phenolic OH excluding ortho intramolecular Hbond substituents is 1. The third kappa shape index (κ3) is 3.68. The minimum atomic E-state index is -1.03. The van der Waals surface area contributed by atoms with Crippen molar-refractivity contribution in [3.05, 3.63) is 76.7 Å². The molecule has 0 radical (unpaired) electrons. The van der Waals surface area contributed by atoms with Gasteiger partial charge in [0.15, 0.2) is 39.5 Å². The number of methoxy groups -OCH3 is 1. The lowest BCUT2D eigenvalue weighted by Gasteiger charge is -2.24. The fourth-order valence-electron chi connectivity index (χ4n) is 4.10. The summed E-state index contributed by atoms with van der Waals surface area (Å²) in [6.45, 7) is 2.06. The van der Waals surface area contributed by atoms with Gasteiger partial charge in [0.25, 0.3) is 5.91 Å². The van der Waals surface area contributed by atoms with Crippen LogP contribution in [0.25, 0.3) is 11.0 Å². The van der Waals surface area contributed by atoms with Crippen LogP contribution in [0.5, 0.6) is 17.2 Å². The average Bonchev–Trinajstić information content (AvgIpc) is 3.59. The highest BCUT2D eigenvalue weighted by molar-refractivity contribution is 7.13. The van der Waals surface area contributed by atoms with Gasteiger partial charge in [-0.25, -0.2) is 4.98 Å². The third-order valence-corrected chi connectivity index (χ3v) is 6.40. The van der Waals surface area contributed by atoms with E-state index < -0.39 is 23.5 Å². The van der Waals surface area contributed by atoms with Crippen molar-refractivity contribution < 1.29 is 33.7 Å². The van der Waals surface area contributed by atoms with Crippen molar-refractivity contribution in [3.63, 3.8) is 0 Å². The van der Waals surface area contributed by atoms with Crippen molar-refractivity contribution in [2.45, 2.75) is 13.0 Å². The maximum absolute atomic E-state index is 13.7. The second kappa shape index (κ2) is 8.80. The molecular formula is C25H20N2O7S. The molecule has 1 unspecified atom stereocenters. The summed E-state index contributed by atoms with van der Waals surface area (Å²) in [6.07, 6.45) is 1.52. The molecular weight excluding hydrogens is 472 g/mol. The summed E-state index contributed by atoms with van der Waals surface area (Å²) in [5, 5.41) is 23.7. The zero-order chi connectivity index (χ0) is 24.7. The van der Waals surface area contributed by atoms with Crippen LogP contribution in [0, 0.1) is 0 Å². The summed E-state index contributed by atoms with van der Waals surface area (Å²) < 4.78 is 16.6. The maximum atomic E-state index is 13.7. The topological polar surface area (TPSA) is 122 Å². The highest BCUT2D eigenvalue weighted by Gasteiger charge is 2.46. The normalized spacial score (nSPS) is 15.8. The molecule has 5 rings (SSSR count). The summed E-state index contributed by atoms with van der Waals surface area (Å²) in [4.78, 5) is 32.4. The molecule has 0 saturated carbocycles. The molecule has 0 spiro atoms. The quantitative estimate of drug-likeness (QED) is 0.353. The zero-order valence-electron chi connectivity index (χ0n) is 18.7. The molecule has 2 aromatic carbocycles. The zero-order valence-corrected chi connectivity index (χ0v) is 19.5. The van der Waals surface area contributed by atoms with Crippen LogP contribution < -0.4 is 14.4 Å². The first kappa shape index (κ1) is 22.5. The van der Waals surface area contributed by atoms with E-state index in [9.17, 15) is 19.8 Å². The van der Waals surface area contributed by atoms with Gasteiger partial charge < -0.3 is 24.1 Å². The SMILES string of the molecule is CCOc1cc(C2C(C(=O)c3cc4cccc(OC)c4o3)=C(O)C(=O)N2c2nccs2)ccc1O. The number of para-hydroxylation sites is 1. The number of ether oxygens (including phenoxy) is 2. The van der Waals surface area contributed by atoms with Gasteiger partial charge in [-0.05, 0) is 36.8 Å². The Kier molecular flexibility index (Phi) is 5.65. The Bertz CT molecular complexity index is 1470. The molecule has 1 amide bonds. The van der Waals surface area contributed by atoms with Crippen LogP contribution in [0.2, 0.25) is 0 Å². The second-order valence-corrected chi connectivity index (χ2v) is 8.51. The number of nitrogens with zero attached hydrogens (tertiary/aromatic N) is 2. The monoisotopic (exact) mass is 492 g/mol. The summed E-state index contributed by atoms with van der Waals surface area (Å²) >= 11 is 1.18. The third-order valence-electron chi connectivity index (χ3n) is 5.63. The van der Waals surface area contributed by atoms with Crippen molar-refractivity contribution in [1.82, 2.24) is 4.98 Å². The summed E-state index contributed by atoms with van der Waals surface area (Å²) in [5.74, 6) is -1.66. The van der Waals surface area contributed by atoms with Gasteiger partial charge in [-0.2, -0.15) is 0 Å². The number of hydrogen-bond donors (Lipinski definition) is 2. The number of ketones is 1. The number of phenols is 1. The predicted molar refractivity (Wildman–Crippen MR) is 128 cm³/mol. The van der Waals surface area contributed by atoms with Crippen LogP contribution in [0.4, 0.5) is 5.13 Å². The lowest BCUT2D eigenvalue weighted by molar-refractivity contribution is -0.117. The average molecular weight is 493 g/mol. The van der Waals surface area contributed by atoms with Crippen LogP contribution in [0.1, 0.15) is 29.1 Å². The molecule has 10 heteroatoms. The number of benzene rings is 2. The predicted octanol–water partition coefficient (Wildman–Crippen LogP) is 4.79. The molecule has 0 bridgehead atoms. The molecule has 0 aliphatic carbocycles. The van der Waals surface area contributed by atoms with Crippen molar-refractivity contribution in [3.8, 4) is 17.2 Å². The largest absolute Gasteiger partial charge is 0.504 e. The Morgan fingerprint density at radius 2 is 2.03 bits per heavy atom.